The minimum atomic E-state index is -0.126. The van der Waals surface area contributed by atoms with E-state index in [2.05, 4.69) is 5.32 Å². The van der Waals surface area contributed by atoms with Crippen molar-refractivity contribution in [2.75, 3.05) is 7.05 Å². The van der Waals surface area contributed by atoms with Crippen LogP contribution in [-0.2, 0) is 9.59 Å². The fraction of sp³-hybridized carbons (Fsp3) is 0.600. The number of nitrogens with one attached hydrogen (secondary N) is 1. The molecule has 4 heteroatoms. The van der Waals surface area contributed by atoms with E-state index in [0.717, 1.165) is 48.6 Å². The molecule has 0 saturated heterocycles. The number of carbonyl (C=O) groups is 2. The third-order valence-corrected chi connectivity index (χ3v) is 3.18. The Morgan fingerprint density at radius 1 is 1.36 bits per heavy atom. The van der Waals surface area contributed by atoms with Crippen molar-refractivity contribution in [1.82, 2.24) is 5.32 Å². The molecular formula is C10H15NO2S. The van der Waals surface area contributed by atoms with Crippen LogP contribution in [-0.4, -0.2) is 18.6 Å². The Morgan fingerprint density at radius 3 is 2.50 bits per heavy atom. The SMILES string of the molecule is CNC(=O)C(SC=O)=C1CCCCC1. The molecule has 1 saturated carbocycles. The van der Waals surface area contributed by atoms with Gasteiger partial charge in [0, 0.05) is 7.05 Å². The molecule has 0 spiro atoms. The first-order valence-electron chi connectivity index (χ1n) is 4.84. The van der Waals surface area contributed by atoms with Gasteiger partial charge in [-0.15, -0.1) is 0 Å². The molecule has 1 amide bonds. The Balaban J connectivity index is 2.81. The second kappa shape index (κ2) is 5.86. The highest BCUT2D eigenvalue weighted by Gasteiger charge is 2.16. The Hall–Kier alpha value is -0.770. The van der Waals surface area contributed by atoms with Crippen molar-refractivity contribution in [3.05, 3.63) is 10.5 Å². The van der Waals surface area contributed by atoms with E-state index in [0.29, 0.717) is 4.91 Å². The second-order valence-corrected chi connectivity index (χ2v) is 4.12. The molecule has 14 heavy (non-hydrogen) atoms. The van der Waals surface area contributed by atoms with E-state index in [1.807, 2.05) is 0 Å². The van der Waals surface area contributed by atoms with Crippen molar-refractivity contribution < 1.29 is 9.59 Å². The lowest BCUT2D eigenvalue weighted by Crippen LogP contribution is -2.20. The maximum absolute atomic E-state index is 11.5. The smallest absolute Gasteiger partial charge is 0.257 e. The summed E-state index contributed by atoms with van der Waals surface area (Å²) < 4.78 is 0. The molecule has 1 N–H and O–H groups in total. The van der Waals surface area contributed by atoms with E-state index in [1.54, 1.807) is 7.05 Å². The Bertz CT molecular complexity index is 253. The van der Waals surface area contributed by atoms with Crippen LogP contribution in [0.2, 0.25) is 0 Å². The molecule has 0 atom stereocenters. The number of thioether (sulfide) groups is 1. The maximum Gasteiger partial charge on any atom is 0.257 e. The lowest BCUT2D eigenvalue weighted by Gasteiger charge is -2.16. The van der Waals surface area contributed by atoms with Crippen molar-refractivity contribution in [3.8, 4) is 0 Å². The van der Waals surface area contributed by atoms with Crippen molar-refractivity contribution in [3.63, 3.8) is 0 Å². The van der Waals surface area contributed by atoms with Crippen LogP contribution < -0.4 is 5.32 Å². The van der Waals surface area contributed by atoms with Gasteiger partial charge in [-0.3, -0.25) is 9.59 Å². The standard InChI is InChI=1S/C10H15NO2S/c1-11-10(13)9(14-7-12)8-5-3-2-4-6-8/h7H,2-6H2,1H3,(H,11,13). The Kier molecular flexibility index (Phi) is 4.73. The largest absolute Gasteiger partial charge is 0.355 e. The average Bonchev–Trinajstić information content (AvgIpc) is 2.26. The summed E-state index contributed by atoms with van der Waals surface area (Å²) in [6.07, 6.45) is 5.42. The molecule has 78 valence electrons. The highest BCUT2D eigenvalue weighted by Crippen LogP contribution is 2.30. The highest BCUT2D eigenvalue weighted by atomic mass is 32.2. The van der Waals surface area contributed by atoms with Crippen LogP contribution >= 0.6 is 11.8 Å². The van der Waals surface area contributed by atoms with Gasteiger partial charge in [0.25, 0.3) is 5.91 Å². The number of allylic oxidation sites excluding steroid dienone is 1. The normalized spacial score (nSPS) is 16.2. The van der Waals surface area contributed by atoms with Crippen LogP contribution in [0.25, 0.3) is 0 Å². The van der Waals surface area contributed by atoms with Crippen LogP contribution in [0.15, 0.2) is 10.5 Å². The summed E-state index contributed by atoms with van der Waals surface area (Å²) in [7, 11) is 1.59. The predicted octanol–water partition coefficient (Wildman–Crippen LogP) is 1.87. The Labute approximate surface area is 88.3 Å². The van der Waals surface area contributed by atoms with E-state index in [-0.39, 0.29) is 5.91 Å². The maximum atomic E-state index is 11.5. The van der Waals surface area contributed by atoms with Gasteiger partial charge in [0.15, 0.2) is 5.62 Å². The van der Waals surface area contributed by atoms with Gasteiger partial charge in [0.1, 0.15) is 0 Å². The van der Waals surface area contributed by atoms with Gasteiger partial charge in [-0.05, 0) is 37.4 Å². The van der Waals surface area contributed by atoms with Crippen molar-refractivity contribution in [2.24, 2.45) is 0 Å². The van der Waals surface area contributed by atoms with E-state index in [1.165, 1.54) is 6.42 Å². The first kappa shape index (κ1) is 11.3. The van der Waals surface area contributed by atoms with Gasteiger partial charge in [-0.1, -0.05) is 12.0 Å². The third-order valence-electron chi connectivity index (χ3n) is 2.38. The van der Waals surface area contributed by atoms with Gasteiger partial charge in [-0.25, -0.2) is 0 Å². The summed E-state index contributed by atoms with van der Waals surface area (Å²) in [4.78, 5) is 22.5. The van der Waals surface area contributed by atoms with Crippen LogP contribution in [0.4, 0.5) is 0 Å². The summed E-state index contributed by atoms with van der Waals surface area (Å²) >= 11 is 1.00. The molecule has 1 aliphatic rings. The van der Waals surface area contributed by atoms with Crippen LogP contribution in [0, 0.1) is 0 Å². The summed E-state index contributed by atoms with van der Waals surface area (Å²) in [6.45, 7) is 0. The van der Waals surface area contributed by atoms with Crippen LogP contribution in [0.1, 0.15) is 32.1 Å². The van der Waals surface area contributed by atoms with Gasteiger partial charge in [0.05, 0.1) is 4.91 Å². The fourth-order valence-electron chi connectivity index (χ4n) is 1.66. The summed E-state index contributed by atoms with van der Waals surface area (Å²) in [6, 6.07) is 0. The number of hydrogen-bond acceptors (Lipinski definition) is 3. The number of amides is 1. The van der Waals surface area contributed by atoms with Gasteiger partial charge >= 0.3 is 0 Å². The van der Waals surface area contributed by atoms with Gasteiger partial charge < -0.3 is 5.32 Å². The monoisotopic (exact) mass is 213 g/mol. The lowest BCUT2D eigenvalue weighted by molar-refractivity contribution is -0.116. The van der Waals surface area contributed by atoms with Gasteiger partial charge in [0.2, 0.25) is 0 Å². The first-order chi connectivity index (χ1) is 6.79. The van der Waals surface area contributed by atoms with Gasteiger partial charge in [-0.2, -0.15) is 0 Å². The number of likely N-dealkylation sites (N-methyl/N-ethyl adjacent to an activating group) is 1. The molecule has 0 bridgehead atoms. The van der Waals surface area contributed by atoms with Crippen molar-refractivity contribution in [1.29, 1.82) is 0 Å². The Morgan fingerprint density at radius 2 is 2.00 bits per heavy atom. The number of rotatable bonds is 3. The minimum absolute atomic E-state index is 0.126. The third kappa shape index (κ3) is 2.87. The summed E-state index contributed by atoms with van der Waals surface area (Å²) in [5, 5.41) is 2.57. The topological polar surface area (TPSA) is 46.2 Å². The van der Waals surface area contributed by atoms with Crippen molar-refractivity contribution in [2.45, 2.75) is 32.1 Å². The zero-order valence-electron chi connectivity index (χ0n) is 8.34. The van der Waals surface area contributed by atoms with Crippen LogP contribution in [0.3, 0.4) is 0 Å². The average molecular weight is 213 g/mol. The minimum Gasteiger partial charge on any atom is -0.355 e. The molecule has 0 unspecified atom stereocenters. The second-order valence-electron chi connectivity index (χ2n) is 3.29. The van der Waals surface area contributed by atoms with Crippen molar-refractivity contribution >= 4 is 23.3 Å². The molecule has 0 heterocycles. The molecule has 0 aromatic rings. The molecule has 0 aliphatic heterocycles. The first-order valence-corrected chi connectivity index (χ1v) is 5.72. The van der Waals surface area contributed by atoms with E-state index < -0.39 is 0 Å². The number of carbonyl (C=O) groups excluding carboxylic acids is 2. The zero-order valence-corrected chi connectivity index (χ0v) is 9.15. The fourth-order valence-corrected chi connectivity index (χ4v) is 2.34. The number of hydrogen-bond donors (Lipinski definition) is 1. The lowest BCUT2D eigenvalue weighted by atomic mass is 9.94. The molecule has 0 aromatic carbocycles. The summed E-state index contributed by atoms with van der Waals surface area (Å²) in [5.41, 5.74) is 1.87. The molecule has 3 nitrogen and oxygen atoms in total. The molecular weight excluding hydrogens is 198 g/mol. The van der Waals surface area contributed by atoms with E-state index >= 15 is 0 Å². The quantitative estimate of drug-likeness (QED) is 0.575. The highest BCUT2D eigenvalue weighted by molar-refractivity contribution is 8.16. The molecule has 1 fully saturated rings. The van der Waals surface area contributed by atoms with E-state index in [4.69, 9.17) is 0 Å². The molecule has 0 aromatic heterocycles. The molecule has 1 aliphatic carbocycles. The van der Waals surface area contributed by atoms with Crippen LogP contribution in [0.5, 0.6) is 0 Å². The summed E-state index contributed by atoms with van der Waals surface area (Å²) in [5.74, 6) is -0.126. The molecule has 1 rings (SSSR count). The van der Waals surface area contributed by atoms with E-state index in [9.17, 15) is 9.59 Å². The molecule has 0 radical (unpaired) electrons. The predicted molar refractivity (Wildman–Crippen MR) is 58.5 cm³/mol. The zero-order chi connectivity index (χ0) is 10.4.